The number of hydrogen-bond acceptors (Lipinski definition) is 2. The van der Waals surface area contributed by atoms with Gasteiger partial charge in [0, 0.05) is 6.42 Å². The molecule has 2 heteroatoms. The average molecular weight is 312 g/mol. The molecule has 1 aliphatic rings. The quantitative estimate of drug-likeness (QED) is 0.659. The molecule has 2 nitrogen and oxygen atoms in total. The van der Waals surface area contributed by atoms with Gasteiger partial charge < -0.3 is 0 Å². The molecule has 24 heavy (non-hydrogen) atoms. The third-order valence-electron chi connectivity index (χ3n) is 4.47. The van der Waals surface area contributed by atoms with E-state index in [1.807, 2.05) is 0 Å². The van der Waals surface area contributed by atoms with Gasteiger partial charge >= 0.3 is 0 Å². The van der Waals surface area contributed by atoms with Crippen molar-refractivity contribution in [2.24, 2.45) is 5.10 Å². The molecule has 1 atom stereocenters. The van der Waals surface area contributed by atoms with Crippen molar-refractivity contribution in [3.05, 3.63) is 108 Å². The Kier molecular flexibility index (Phi) is 4.11. The van der Waals surface area contributed by atoms with Crippen molar-refractivity contribution in [2.75, 3.05) is 0 Å². The van der Waals surface area contributed by atoms with E-state index in [1.54, 1.807) is 0 Å². The van der Waals surface area contributed by atoms with E-state index in [0.29, 0.717) is 6.04 Å². The Morgan fingerprint density at radius 2 is 1.33 bits per heavy atom. The van der Waals surface area contributed by atoms with E-state index in [1.165, 1.54) is 22.4 Å². The Bertz CT molecular complexity index is 810. The van der Waals surface area contributed by atoms with Gasteiger partial charge in [0.25, 0.3) is 0 Å². The van der Waals surface area contributed by atoms with Crippen molar-refractivity contribution in [3.63, 3.8) is 0 Å². The molecule has 0 N–H and O–H groups in total. The summed E-state index contributed by atoms with van der Waals surface area (Å²) < 4.78 is 0. The average Bonchev–Trinajstić information content (AvgIpc) is 3.08. The van der Waals surface area contributed by atoms with Crippen LogP contribution in [0.5, 0.6) is 0 Å². The predicted octanol–water partition coefficient (Wildman–Crippen LogP) is 5.04. The predicted molar refractivity (Wildman–Crippen MR) is 98.8 cm³/mol. The molecule has 0 radical (unpaired) electrons. The summed E-state index contributed by atoms with van der Waals surface area (Å²) >= 11 is 0. The molecule has 0 saturated carbocycles. The summed E-state index contributed by atoms with van der Waals surface area (Å²) in [6, 6.07) is 32.0. The standard InChI is InChI=1S/C22H20N2/c1-4-10-18(11-5-1)17-24-22(20-14-8-3-9-15-20)16-21(23-24)19-12-6-2-7-13-19/h1-15,22H,16-17H2/t22-/m0/s1. The van der Waals surface area contributed by atoms with Crippen molar-refractivity contribution in [1.82, 2.24) is 5.01 Å². The van der Waals surface area contributed by atoms with Gasteiger partial charge in [0.05, 0.1) is 18.3 Å². The minimum atomic E-state index is 0.293. The molecule has 1 heterocycles. The molecule has 0 aliphatic carbocycles. The molecule has 0 bridgehead atoms. The zero-order chi connectivity index (χ0) is 16.2. The second-order valence-electron chi connectivity index (χ2n) is 6.13. The minimum absolute atomic E-state index is 0.293. The first kappa shape index (κ1) is 14.7. The van der Waals surface area contributed by atoms with Gasteiger partial charge in [-0.05, 0) is 16.7 Å². The fraction of sp³-hybridized carbons (Fsp3) is 0.136. The Morgan fingerprint density at radius 3 is 2.00 bits per heavy atom. The van der Waals surface area contributed by atoms with Crippen LogP contribution in [0, 0.1) is 0 Å². The first-order valence-corrected chi connectivity index (χ1v) is 8.38. The highest BCUT2D eigenvalue weighted by atomic mass is 15.5. The first-order valence-electron chi connectivity index (χ1n) is 8.38. The fourth-order valence-electron chi connectivity index (χ4n) is 3.24. The van der Waals surface area contributed by atoms with Crippen LogP contribution in [0.4, 0.5) is 0 Å². The van der Waals surface area contributed by atoms with Crippen LogP contribution in [0.25, 0.3) is 0 Å². The lowest BCUT2D eigenvalue weighted by Crippen LogP contribution is -2.19. The summed E-state index contributed by atoms with van der Waals surface area (Å²) in [6.07, 6.45) is 0.945. The van der Waals surface area contributed by atoms with E-state index in [0.717, 1.165) is 13.0 Å². The SMILES string of the molecule is c1ccc(CN2N=C(c3ccccc3)C[C@H]2c2ccccc2)cc1. The van der Waals surface area contributed by atoms with Crippen molar-refractivity contribution >= 4 is 5.71 Å². The third kappa shape index (κ3) is 3.09. The van der Waals surface area contributed by atoms with Crippen molar-refractivity contribution < 1.29 is 0 Å². The highest BCUT2D eigenvalue weighted by Gasteiger charge is 2.28. The van der Waals surface area contributed by atoms with Gasteiger partial charge in [0.1, 0.15) is 0 Å². The molecule has 0 aromatic heterocycles. The first-order chi connectivity index (χ1) is 11.9. The maximum absolute atomic E-state index is 4.96. The summed E-state index contributed by atoms with van der Waals surface area (Å²) in [5.74, 6) is 0. The smallest absolute Gasteiger partial charge is 0.0780 e. The molecule has 4 rings (SSSR count). The minimum Gasteiger partial charge on any atom is -0.284 e. The van der Waals surface area contributed by atoms with Crippen LogP contribution in [-0.2, 0) is 6.54 Å². The maximum Gasteiger partial charge on any atom is 0.0780 e. The molecule has 3 aromatic rings. The molecule has 0 spiro atoms. The van der Waals surface area contributed by atoms with E-state index in [-0.39, 0.29) is 0 Å². The Labute approximate surface area is 143 Å². The summed E-state index contributed by atoms with van der Waals surface area (Å²) in [4.78, 5) is 0. The second-order valence-corrected chi connectivity index (χ2v) is 6.13. The molecule has 1 aliphatic heterocycles. The van der Waals surface area contributed by atoms with E-state index in [4.69, 9.17) is 5.10 Å². The normalized spacial score (nSPS) is 16.9. The second kappa shape index (κ2) is 6.71. The molecule has 0 saturated heterocycles. The van der Waals surface area contributed by atoms with Crippen LogP contribution in [-0.4, -0.2) is 10.7 Å². The van der Waals surface area contributed by atoms with Gasteiger partial charge in [0.2, 0.25) is 0 Å². The molecule has 3 aromatic carbocycles. The van der Waals surface area contributed by atoms with Crippen molar-refractivity contribution in [1.29, 1.82) is 0 Å². The highest BCUT2D eigenvalue weighted by molar-refractivity contribution is 6.01. The largest absolute Gasteiger partial charge is 0.284 e. The monoisotopic (exact) mass is 312 g/mol. The topological polar surface area (TPSA) is 15.6 Å². The zero-order valence-corrected chi connectivity index (χ0v) is 13.5. The van der Waals surface area contributed by atoms with E-state index >= 15 is 0 Å². The van der Waals surface area contributed by atoms with E-state index < -0.39 is 0 Å². The summed E-state index contributed by atoms with van der Waals surface area (Å²) in [5.41, 5.74) is 4.99. The molecule has 118 valence electrons. The summed E-state index contributed by atoms with van der Waals surface area (Å²) in [6.45, 7) is 0.830. The van der Waals surface area contributed by atoms with Crippen LogP contribution in [0.1, 0.15) is 29.2 Å². The van der Waals surface area contributed by atoms with Crippen LogP contribution < -0.4 is 0 Å². The molecule has 0 fully saturated rings. The van der Waals surface area contributed by atoms with E-state index in [2.05, 4.69) is 96.0 Å². The van der Waals surface area contributed by atoms with Gasteiger partial charge in [0.15, 0.2) is 0 Å². The summed E-state index contributed by atoms with van der Waals surface area (Å²) in [5, 5.41) is 7.19. The number of rotatable bonds is 4. The molecular formula is C22H20N2. The number of hydrazone groups is 1. The molecule has 0 unspecified atom stereocenters. The third-order valence-corrected chi connectivity index (χ3v) is 4.47. The van der Waals surface area contributed by atoms with Gasteiger partial charge in [-0.2, -0.15) is 5.10 Å². The number of nitrogens with zero attached hydrogens (tertiary/aromatic N) is 2. The number of hydrogen-bond donors (Lipinski definition) is 0. The lowest BCUT2D eigenvalue weighted by atomic mass is 9.98. The van der Waals surface area contributed by atoms with Crippen LogP contribution in [0.15, 0.2) is 96.1 Å². The Hall–Kier alpha value is -2.87. The fourth-order valence-corrected chi connectivity index (χ4v) is 3.24. The summed E-state index contributed by atoms with van der Waals surface area (Å²) in [7, 11) is 0. The Balaban J connectivity index is 1.66. The van der Waals surface area contributed by atoms with Gasteiger partial charge in [-0.1, -0.05) is 91.0 Å². The van der Waals surface area contributed by atoms with Gasteiger partial charge in [-0.15, -0.1) is 0 Å². The highest BCUT2D eigenvalue weighted by Crippen LogP contribution is 2.33. The lowest BCUT2D eigenvalue weighted by molar-refractivity contribution is 0.224. The molecule has 0 amide bonds. The molecular weight excluding hydrogens is 292 g/mol. The van der Waals surface area contributed by atoms with E-state index in [9.17, 15) is 0 Å². The van der Waals surface area contributed by atoms with Crippen LogP contribution in [0.3, 0.4) is 0 Å². The van der Waals surface area contributed by atoms with Gasteiger partial charge in [-0.25, -0.2) is 0 Å². The zero-order valence-electron chi connectivity index (χ0n) is 13.5. The Morgan fingerprint density at radius 1 is 0.750 bits per heavy atom. The van der Waals surface area contributed by atoms with Crippen molar-refractivity contribution in [3.8, 4) is 0 Å². The lowest BCUT2D eigenvalue weighted by Gasteiger charge is -2.24. The number of benzene rings is 3. The maximum atomic E-state index is 4.96. The van der Waals surface area contributed by atoms with Crippen LogP contribution >= 0.6 is 0 Å². The van der Waals surface area contributed by atoms with Crippen LogP contribution in [0.2, 0.25) is 0 Å². The van der Waals surface area contributed by atoms with Gasteiger partial charge in [-0.3, -0.25) is 5.01 Å². The van der Waals surface area contributed by atoms with Crippen molar-refractivity contribution in [2.45, 2.75) is 19.0 Å².